The Morgan fingerprint density at radius 3 is 1.94 bits per heavy atom. The van der Waals surface area contributed by atoms with Crippen molar-refractivity contribution in [3.05, 3.63) is 183 Å². The van der Waals surface area contributed by atoms with Crippen LogP contribution in [0.3, 0.4) is 0 Å². The normalized spacial score (nSPS) is 16.1. The zero-order chi connectivity index (χ0) is 50.4. The number of unbranched alkanes of at least 4 members (excludes halogenated alkanes) is 3. The number of rotatable bonds is 23. The van der Waals surface area contributed by atoms with Gasteiger partial charge in [0.15, 0.2) is 0 Å². The molecule has 6 aromatic rings. The summed E-state index contributed by atoms with van der Waals surface area (Å²) < 4.78 is 53.6. The molecule has 5 aromatic carbocycles. The van der Waals surface area contributed by atoms with Gasteiger partial charge >= 0.3 is 5.69 Å². The van der Waals surface area contributed by atoms with E-state index in [4.69, 9.17) is 18.9 Å². The van der Waals surface area contributed by atoms with E-state index in [-0.39, 0.29) is 30.0 Å². The van der Waals surface area contributed by atoms with Gasteiger partial charge in [-0.05, 0) is 108 Å². The predicted octanol–water partition coefficient (Wildman–Crippen LogP) is 7.36. The molecule has 3 atom stereocenters. The third-order valence-electron chi connectivity index (χ3n) is 12.1. The number of nitrogens with one attached hydrogen (secondary N) is 3. The van der Waals surface area contributed by atoms with Gasteiger partial charge in [0.05, 0.1) is 48.8 Å². The summed E-state index contributed by atoms with van der Waals surface area (Å²) in [6.45, 7) is 0.519. The number of anilines is 1. The van der Waals surface area contributed by atoms with Crippen molar-refractivity contribution in [3.8, 4) is 11.5 Å². The van der Waals surface area contributed by atoms with Crippen molar-refractivity contribution in [2.24, 2.45) is 10.2 Å². The van der Waals surface area contributed by atoms with Crippen LogP contribution in [0, 0.1) is 0 Å². The van der Waals surface area contributed by atoms with Gasteiger partial charge in [0, 0.05) is 51.6 Å². The number of aliphatic hydroxyl groups is 1. The van der Waals surface area contributed by atoms with E-state index < -0.39 is 51.2 Å². The smallest absolute Gasteiger partial charge is 0.330 e. The zero-order valence-electron chi connectivity index (χ0n) is 40.1. The Bertz CT molecular complexity index is 2930. The maximum absolute atomic E-state index is 13.1. The molecule has 1 amide bonds. The van der Waals surface area contributed by atoms with Gasteiger partial charge in [0.2, 0.25) is 15.9 Å². The molecule has 71 heavy (non-hydrogen) atoms. The van der Waals surface area contributed by atoms with Crippen LogP contribution in [-0.2, 0) is 29.9 Å². The molecule has 372 valence electrons. The first-order valence-corrected chi connectivity index (χ1v) is 24.7. The number of sulfonamides is 1. The number of aliphatic hydroxyl groups excluding tert-OH is 1. The van der Waals surface area contributed by atoms with Crippen molar-refractivity contribution in [1.82, 2.24) is 19.6 Å². The number of aromatic nitrogens is 2. The van der Waals surface area contributed by atoms with Gasteiger partial charge in [-0.1, -0.05) is 67.4 Å². The van der Waals surface area contributed by atoms with Crippen molar-refractivity contribution in [2.75, 3.05) is 52.9 Å². The predicted molar refractivity (Wildman–Crippen MR) is 271 cm³/mol. The van der Waals surface area contributed by atoms with Crippen LogP contribution >= 0.6 is 0 Å². The summed E-state index contributed by atoms with van der Waals surface area (Å²) in [6, 6.07) is 38.5. The van der Waals surface area contributed by atoms with Crippen LogP contribution in [0.2, 0.25) is 0 Å². The van der Waals surface area contributed by atoms with Crippen LogP contribution in [0.5, 0.6) is 11.5 Å². The number of benzene rings is 5. The Morgan fingerprint density at radius 1 is 0.803 bits per heavy atom. The Balaban J connectivity index is 0.887. The zero-order valence-corrected chi connectivity index (χ0v) is 40.9. The quantitative estimate of drug-likeness (QED) is 0.0215. The van der Waals surface area contributed by atoms with Gasteiger partial charge in [0.25, 0.3) is 5.56 Å². The molecule has 1 fully saturated rings. The molecule has 4 N–H and O–H groups in total. The molecule has 0 bridgehead atoms. The molecule has 0 radical (unpaired) electrons. The third kappa shape index (κ3) is 13.2. The fourth-order valence-electron chi connectivity index (χ4n) is 8.11. The molecule has 0 spiro atoms. The van der Waals surface area contributed by atoms with E-state index >= 15 is 0 Å². The topological polar surface area (TPSA) is 215 Å². The van der Waals surface area contributed by atoms with Crippen LogP contribution in [0.25, 0.3) is 6.08 Å². The number of hydrogen-bond donors (Lipinski definition) is 4. The number of azo groups is 1. The minimum absolute atomic E-state index is 0.0231. The SMILES string of the molecule is COc1ccc(C(OCC2OC(n3cc(C=CC(=O)NCCCCCCNS(=O)(=O)c4ccc(N=Nc5ccc(N(C)C)cc5)cc4)c(=O)[nH]c3=O)CC2O)(c2ccccc2)c2ccc(OC)cc2)cc1. The number of carbonyl (C=O) groups excluding carboxylic acids is 1. The van der Waals surface area contributed by atoms with Crippen LogP contribution in [0.15, 0.2) is 164 Å². The molecule has 0 saturated carbocycles. The standard InChI is InChI=1S/C53H59N7O10S/c1-59(2)43-23-19-41(20-24-43)57-58-42-21-29-46(30-22-42)71(65,66)55-33-11-6-5-10-32-54-49(62)31-14-37-35-60(52(64)56-51(37)63)50-34-47(61)48(70-50)36-69-53(38-12-8-7-9-13-38,39-15-25-44(67-3)26-16-39)40-17-27-45(68-4)28-18-40/h7-9,12-31,35,47-48,50,55,61H,5-6,10-11,32-34,36H2,1-4H3,(H,54,62)(H,56,63,64). The lowest BCUT2D eigenvalue weighted by Crippen LogP contribution is -2.38. The second-order valence-electron chi connectivity index (χ2n) is 17.0. The van der Waals surface area contributed by atoms with Crippen molar-refractivity contribution in [2.45, 2.75) is 61.0 Å². The summed E-state index contributed by atoms with van der Waals surface area (Å²) in [5.74, 6) is 0.887. The minimum Gasteiger partial charge on any atom is -0.497 e. The number of hydrogen-bond acceptors (Lipinski definition) is 13. The number of H-pyrrole nitrogens is 1. The summed E-state index contributed by atoms with van der Waals surface area (Å²) in [7, 11) is 3.38. The monoisotopic (exact) mass is 985 g/mol. The molecule has 18 heteroatoms. The molecule has 2 heterocycles. The van der Waals surface area contributed by atoms with E-state index in [1.165, 1.54) is 35.0 Å². The van der Waals surface area contributed by atoms with E-state index in [9.17, 15) is 27.9 Å². The molecule has 0 aliphatic carbocycles. The van der Waals surface area contributed by atoms with Crippen molar-refractivity contribution >= 4 is 39.1 Å². The fourth-order valence-corrected chi connectivity index (χ4v) is 9.18. The maximum atomic E-state index is 13.1. The summed E-state index contributed by atoms with van der Waals surface area (Å²) in [5, 5.41) is 22.5. The summed E-state index contributed by atoms with van der Waals surface area (Å²) in [6.07, 6.45) is 3.67. The Labute approximate surface area is 412 Å². The van der Waals surface area contributed by atoms with Crippen LogP contribution in [-0.4, -0.2) is 89.2 Å². The molecule has 7 rings (SSSR count). The lowest BCUT2D eigenvalue weighted by atomic mass is 9.80. The lowest BCUT2D eigenvalue weighted by molar-refractivity contribution is -0.116. The molecule has 1 saturated heterocycles. The second kappa shape index (κ2) is 24.1. The Kier molecular flexibility index (Phi) is 17.5. The first kappa shape index (κ1) is 51.6. The van der Waals surface area contributed by atoms with Crippen LogP contribution in [0.4, 0.5) is 17.1 Å². The van der Waals surface area contributed by atoms with E-state index in [1.54, 1.807) is 26.4 Å². The highest BCUT2D eigenvalue weighted by Gasteiger charge is 2.42. The number of methoxy groups -OCH3 is 2. The number of aromatic amines is 1. The van der Waals surface area contributed by atoms with Crippen molar-refractivity contribution in [3.63, 3.8) is 0 Å². The molecule has 1 aromatic heterocycles. The van der Waals surface area contributed by atoms with E-state index in [0.29, 0.717) is 42.3 Å². The van der Waals surface area contributed by atoms with Gasteiger partial charge in [-0.15, -0.1) is 0 Å². The van der Waals surface area contributed by atoms with Crippen LogP contribution in [0.1, 0.15) is 60.6 Å². The summed E-state index contributed by atoms with van der Waals surface area (Å²) >= 11 is 0. The molecule has 17 nitrogen and oxygen atoms in total. The maximum Gasteiger partial charge on any atom is 0.330 e. The Hall–Kier alpha value is -7.22. The Morgan fingerprint density at radius 2 is 1.37 bits per heavy atom. The van der Waals surface area contributed by atoms with Gasteiger partial charge < -0.3 is 34.3 Å². The molecular weight excluding hydrogens is 927 g/mol. The molecule has 1 aliphatic heterocycles. The van der Waals surface area contributed by atoms with E-state index in [0.717, 1.165) is 35.2 Å². The summed E-state index contributed by atoms with van der Waals surface area (Å²) in [5.41, 5.74) is 2.06. The van der Waals surface area contributed by atoms with Gasteiger partial charge in [-0.25, -0.2) is 17.9 Å². The first-order chi connectivity index (χ1) is 34.3. The molecule has 1 aliphatic rings. The highest BCUT2D eigenvalue weighted by molar-refractivity contribution is 7.89. The average Bonchev–Trinajstić information content (AvgIpc) is 3.76. The first-order valence-electron chi connectivity index (χ1n) is 23.2. The lowest BCUT2D eigenvalue weighted by Gasteiger charge is -2.37. The average molecular weight is 986 g/mol. The minimum atomic E-state index is -3.71. The second-order valence-corrected chi connectivity index (χ2v) is 18.8. The largest absolute Gasteiger partial charge is 0.497 e. The number of ether oxygens (including phenoxy) is 4. The van der Waals surface area contributed by atoms with E-state index in [2.05, 4.69) is 25.3 Å². The van der Waals surface area contributed by atoms with Crippen LogP contribution < -0.4 is 35.7 Å². The highest BCUT2D eigenvalue weighted by Crippen LogP contribution is 2.43. The highest BCUT2D eigenvalue weighted by atomic mass is 32.2. The third-order valence-corrected chi connectivity index (χ3v) is 13.5. The van der Waals surface area contributed by atoms with Crippen molar-refractivity contribution in [1.29, 1.82) is 0 Å². The number of amides is 1. The van der Waals surface area contributed by atoms with Gasteiger partial charge in [-0.2, -0.15) is 10.2 Å². The van der Waals surface area contributed by atoms with Crippen molar-refractivity contribution < 1.29 is 37.3 Å². The van der Waals surface area contributed by atoms with E-state index in [1.807, 2.05) is 122 Å². The fraction of sp³-hybridized carbons (Fsp3) is 0.302. The van der Waals surface area contributed by atoms with Gasteiger partial charge in [-0.3, -0.25) is 19.1 Å². The number of carbonyl (C=O) groups is 1. The number of nitrogens with zero attached hydrogens (tertiary/aromatic N) is 4. The van der Waals surface area contributed by atoms with Gasteiger partial charge in [0.1, 0.15) is 29.4 Å². The molecule has 3 unspecified atom stereocenters. The molecular formula is C53H59N7O10S. The summed E-state index contributed by atoms with van der Waals surface area (Å²) in [4.78, 5) is 43.1.